The first-order valence-corrected chi connectivity index (χ1v) is 7.20. The average molecular weight is 342 g/mol. The van der Waals surface area contributed by atoms with Crippen molar-refractivity contribution in [2.45, 2.75) is 6.42 Å². The molecule has 1 fully saturated rings. The van der Waals surface area contributed by atoms with Crippen molar-refractivity contribution in [3.05, 3.63) is 28.5 Å². The lowest BCUT2D eigenvalue weighted by Crippen LogP contribution is -2.42. The highest BCUT2D eigenvalue weighted by molar-refractivity contribution is 9.10. The number of halogens is 1. The summed E-state index contributed by atoms with van der Waals surface area (Å²) < 4.78 is 5.93. The summed E-state index contributed by atoms with van der Waals surface area (Å²) in [6, 6.07) is 1.69. The molecule has 0 aromatic carbocycles. The van der Waals surface area contributed by atoms with Crippen LogP contribution in [0.3, 0.4) is 0 Å². The van der Waals surface area contributed by atoms with E-state index in [1.165, 1.54) is 6.20 Å². The Labute approximate surface area is 125 Å². The average Bonchev–Trinajstić information content (AvgIpc) is 2.48. The summed E-state index contributed by atoms with van der Waals surface area (Å²) in [5, 5.41) is 2.72. The summed E-state index contributed by atoms with van der Waals surface area (Å²) in [5.41, 5.74) is 0.471. The van der Waals surface area contributed by atoms with Crippen LogP contribution >= 0.6 is 15.9 Å². The Morgan fingerprint density at radius 2 is 2.10 bits per heavy atom. The molecular formula is C13H16BrN3O3. The van der Waals surface area contributed by atoms with Gasteiger partial charge >= 0.3 is 0 Å². The zero-order valence-electron chi connectivity index (χ0n) is 11.0. The molecule has 1 N–H and O–H groups in total. The second-order valence-corrected chi connectivity index (χ2v) is 5.31. The molecule has 2 rings (SSSR count). The summed E-state index contributed by atoms with van der Waals surface area (Å²) in [6.07, 6.45) is 3.40. The van der Waals surface area contributed by atoms with E-state index < -0.39 is 0 Å². The summed E-state index contributed by atoms with van der Waals surface area (Å²) >= 11 is 3.26. The van der Waals surface area contributed by atoms with Crippen LogP contribution in [0.1, 0.15) is 16.8 Å². The van der Waals surface area contributed by atoms with Crippen molar-refractivity contribution in [1.82, 2.24) is 15.2 Å². The van der Waals surface area contributed by atoms with Crippen LogP contribution < -0.4 is 5.32 Å². The summed E-state index contributed by atoms with van der Waals surface area (Å²) in [7, 11) is 0. The van der Waals surface area contributed by atoms with Crippen molar-refractivity contribution in [2.24, 2.45) is 0 Å². The Bertz CT molecular complexity index is 490. The lowest BCUT2D eigenvalue weighted by atomic mass is 10.2. The highest BCUT2D eigenvalue weighted by Gasteiger charge is 2.16. The third-order valence-corrected chi connectivity index (χ3v) is 3.39. The van der Waals surface area contributed by atoms with Crippen LogP contribution in [0.4, 0.5) is 0 Å². The molecule has 0 unspecified atom stereocenters. The van der Waals surface area contributed by atoms with Gasteiger partial charge in [0.2, 0.25) is 5.91 Å². The van der Waals surface area contributed by atoms with Crippen LogP contribution in [0.25, 0.3) is 0 Å². The maximum absolute atomic E-state index is 11.9. The molecule has 7 heteroatoms. The Kier molecular flexibility index (Phi) is 5.49. The van der Waals surface area contributed by atoms with Gasteiger partial charge in [-0.1, -0.05) is 0 Å². The molecular weight excluding hydrogens is 326 g/mol. The standard InChI is InChI=1S/C13H16BrN3O3/c14-11-7-10(8-15-9-11)13(19)16-2-1-12(18)17-3-5-20-6-4-17/h7-9H,1-6H2,(H,16,19). The second kappa shape index (κ2) is 7.35. The van der Waals surface area contributed by atoms with Crippen molar-refractivity contribution < 1.29 is 14.3 Å². The predicted octanol–water partition coefficient (Wildman–Crippen LogP) is 0.823. The number of ether oxygens (including phenoxy) is 1. The molecule has 1 aliphatic rings. The summed E-state index contributed by atoms with van der Waals surface area (Å²) in [4.78, 5) is 29.4. The number of carbonyl (C=O) groups is 2. The Hall–Kier alpha value is -1.47. The number of hydrogen-bond acceptors (Lipinski definition) is 4. The number of hydrogen-bond donors (Lipinski definition) is 1. The quantitative estimate of drug-likeness (QED) is 0.880. The van der Waals surface area contributed by atoms with E-state index in [0.717, 1.165) is 4.47 Å². The van der Waals surface area contributed by atoms with Crippen molar-refractivity contribution >= 4 is 27.7 Å². The molecule has 0 saturated carbocycles. The molecule has 1 aromatic heterocycles. The largest absolute Gasteiger partial charge is 0.378 e. The molecule has 0 spiro atoms. The molecule has 2 amide bonds. The van der Waals surface area contributed by atoms with Gasteiger partial charge in [0, 0.05) is 42.9 Å². The van der Waals surface area contributed by atoms with Crippen LogP contribution in [0.5, 0.6) is 0 Å². The highest BCUT2D eigenvalue weighted by Crippen LogP contribution is 2.09. The molecule has 6 nitrogen and oxygen atoms in total. The second-order valence-electron chi connectivity index (χ2n) is 4.39. The van der Waals surface area contributed by atoms with E-state index >= 15 is 0 Å². The fraction of sp³-hybridized carbons (Fsp3) is 0.462. The number of rotatable bonds is 4. The first-order chi connectivity index (χ1) is 9.66. The van der Waals surface area contributed by atoms with Crippen molar-refractivity contribution in [1.29, 1.82) is 0 Å². The van der Waals surface area contributed by atoms with E-state index in [9.17, 15) is 9.59 Å². The van der Waals surface area contributed by atoms with Gasteiger partial charge in [0.15, 0.2) is 0 Å². The molecule has 108 valence electrons. The minimum atomic E-state index is -0.228. The molecule has 1 aromatic rings. The summed E-state index contributed by atoms with van der Waals surface area (Å²) in [5.74, 6) is -0.186. The number of pyridine rings is 1. The fourth-order valence-corrected chi connectivity index (χ4v) is 2.26. The number of nitrogens with one attached hydrogen (secondary N) is 1. The van der Waals surface area contributed by atoms with Gasteiger partial charge in [-0.3, -0.25) is 14.6 Å². The molecule has 0 radical (unpaired) electrons. The Morgan fingerprint density at radius 3 is 2.80 bits per heavy atom. The van der Waals surface area contributed by atoms with Gasteiger partial charge in [-0.2, -0.15) is 0 Å². The summed E-state index contributed by atoms with van der Waals surface area (Å²) in [6.45, 7) is 2.75. The van der Waals surface area contributed by atoms with E-state index in [1.807, 2.05) is 0 Å². The van der Waals surface area contributed by atoms with Gasteiger partial charge in [-0.15, -0.1) is 0 Å². The molecule has 2 heterocycles. The maximum Gasteiger partial charge on any atom is 0.252 e. The van der Waals surface area contributed by atoms with Gasteiger partial charge in [0.05, 0.1) is 18.8 Å². The normalized spacial score (nSPS) is 14.9. The predicted molar refractivity (Wildman–Crippen MR) is 76.3 cm³/mol. The van der Waals surface area contributed by atoms with E-state index in [1.54, 1.807) is 17.2 Å². The monoisotopic (exact) mass is 341 g/mol. The van der Waals surface area contributed by atoms with Gasteiger partial charge in [0.25, 0.3) is 5.91 Å². The molecule has 20 heavy (non-hydrogen) atoms. The molecule has 0 aliphatic carbocycles. The molecule has 1 aliphatic heterocycles. The zero-order valence-corrected chi connectivity index (χ0v) is 12.6. The smallest absolute Gasteiger partial charge is 0.252 e. The Balaban J connectivity index is 1.75. The number of amides is 2. The number of aromatic nitrogens is 1. The van der Waals surface area contributed by atoms with Crippen LogP contribution in [0, 0.1) is 0 Å². The van der Waals surface area contributed by atoms with Crippen LogP contribution in [0.2, 0.25) is 0 Å². The number of nitrogens with zero attached hydrogens (tertiary/aromatic N) is 2. The third kappa shape index (κ3) is 4.28. The first kappa shape index (κ1) is 14.9. The minimum absolute atomic E-state index is 0.0426. The van der Waals surface area contributed by atoms with Crippen LogP contribution in [-0.4, -0.2) is 54.5 Å². The highest BCUT2D eigenvalue weighted by atomic mass is 79.9. The van der Waals surface area contributed by atoms with Crippen LogP contribution in [-0.2, 0) is 9.53 Å². The van der Waals surface area contributed by atoms with E-state index in [2.05, 4.69) is 26.2 Å². The Morgan fingerprint density at radius 1 is 1.35 bits per heavy atom. The van der Waals surface area contributed by atoms with Crippen molar-refractivity contribution in [3.63, 3.8) is 0 Å². The topological polar surface area (TPSA) is 71.5 Å². The van der Waals surface area contributed by atoms with Crippen LogP contribution in [0.15, 0.2) is 22.9 Å². The van der Waals surface area contributed by atoms with Gasteiger partial charge in [-0.05, 0) is 22.0 Å². The lowest BCUT2D eigenvalue weighted by Gasteiger charge is -2.26. The third-order valence-electron chi connectivity index (χ3n) is 2.96. The van der Waals surface area contributed by atoms with Crippen molar-refractivity contribution in [2.75, 3.05) is 32.8 Å². The van der Waals surface area contributed by atoms with Gasteiger partial charge in [-0.25, -0.2) is 0 Å². The van der Waals surface area contributed by atoms with Gasteiger partial charge in [0.1, 0.15) is 0 Å². The zero-order chi connectivity index (χ0) is 14.4. The minimum Gasteiger partial charge on any atom is -0.378 e. The number of morpholine rings is 1. The molecule has 1 saturated heterocycles. The maximum atomic E-state index is 11.9. The van der Waals surface area contributed by atoms with E-state index in [4.69, 9.17) is 4.74 Å². The van der Waals surface area contributed by atoms with Gasteiger partial charge < -0.3 is 15.0 Å². The van der Waals surface area contributed by atoms with E-state index in [-0.39, 0.29) is 11.8 Å². The molecule has 0 atom stereocenters. The van der Waals surface area contributed by atoms with E-state index in [0.29, 0.717) is 44.8 Å². The first-order valence-electron chi connectivity index (χ1n) is 6.41. The SMILES string of the molecule is O=C(NCCC(=O)N1CCOCC1)c1cncc(Br)c1. The fourth-order valence-electron chi connectivity index (χ4n) is 1.89. The molecule has 0 bridgehead atoms. The number of carbonyl (C=O) groups excluding carboxylic acids is 2. The van der Waals surface area contributed by atoms with Crippen molar-refractivity contribution in [3.8, 4) is 0 Å². The lowest BCUT2D eigenvalue weighted by molar-refractivity contribution is -0.135.